The summed E-state index contributed by atoms with van der Waals surface area (Å²) in [5.41, 5.74) is 0. The molecule has 0 unspecified atom stereocenters. The van der Waals surface area contributed by atoms with Crippen LogP contribution in [0.3, 0.4) is 0 Å². The summed E-state index contributed by atoms with van der Waals surface area (Å²) < 4.78 is 0. The Labute approximate surface area is 46.8 Å². The van der Waals surface area contributed by atoms with Crippen molar-refractivity contribution in [1.82, 2.24) is 15.0 Å². The molecule has 1 heterocycles. The van der Waals surface area contributed by atoms with E-state index in [-0.39, 0.29) is 6.61 Å². The summed E-state index contributed by atoms with van der Waals surface area (Å²) in [6.45, 7) is 0.210. The van der Waals surface area contributed by atoms with E-state index < -0.39 is 0 Å². The van der Waals surface area contributed by atoms with E-state index in [1.54, 1.807) is 12.4 Å². The van der Waals surface area contributed by atoms with Gasteiger partial charge in [0.15, 0.2) is 0 Å². The van der Waals surface area contributed by atoms with Gasteiger partial charge in [0, 0.05) is 0 Å². The van der Waals surface area contributed by atoms with Crippen molar-refractivity contribution in [3.8, 4) is 0 Å². The maximum atomic E-state index is 9.90. The third-order valence-corrected chi connectivity index (χ3v) is 0.758. The second-order valence-electron chi connectivity index (χ2n) is 1.33. The molecule has 8 heavy (non-hydrogen) atoms. The van der Waals surface area contributed by atoms with Crippen LogP contribution in [0, 0.1) is 0 Å². The van der Waals surface area contributed by atoms with Gasteiger partial charge < -0.3 is 0 Å². The Kier molecular flexibility index (Phi) is 1.58. The SMILES string of the molecule is [O]CCn1nccn1. The molecular formula is C4H6N3O. The summed E-state index contributed by atoms with van der Waals surface area (Å²) >= 11 is 0. The molecule has 1 radical (unpaired) electrons. The normalized spacial score (nSPS) is 9.62. The smallest absolute Gasteiger partial charge is 0.104 e. The highest BCUT2D eigenvalue weighted by molar-refractivity contribution is 4.59. The second-order valence-corrected chi connectivity index (χ2v) is 1.33. The molecule has 4 nitrogen and oxygen atoms in total. The molecule has 0 bridgehead atoms. The number of rotatable bonds is 2. The Balaban J connectivity index is 2.50. The molecule has 0 aliphatic heterocycles. The predicted octanol–water partition coefficient (Wildman–Crippen LogP) is -0.291. The average molecular weight is 112 g/mol. The standard InChI is InChI=1S/C4H6N3O/c8-4-3-7-5-1-2-6-7/h1-2H,3-4H2. The van der Waals surface area contributed by atoms with Crippen LogP contribution in [0.5, 0.6) is 0 Å². The molecule has 0 saturated heterocycles. The molecule has 0 N–H and O–H groups in total. The van der Waals surface area contributed by atoms with Crippen LogP contribution in [0.2, 0.25) is 0 Å². The molecule has 0 aromatic carbocycles. The van der Waals surface area contributed by atoms with Crippen molar-refractivity contribution in [1.29, 1.82) is 0 Å². The summed E-state index contributed by atoms with van der Waals surface area (Å²) in [6, 6.07) is 0. The Hall–Kier alpha value is -0.900. The van der Waals surface area contributed by atoms with Crippen molar-refractivity contribution < 1.29 is 5.11 Å². The lowest BCUT2D eigenvalue weighted by molar-refractivity contribution is 0.171. The molecule has 1 aromatic rings. The Morgan fingerprint density at radius 1 is 1.38 bits per heavy atom. The number of hydrogen-bond donors (Lipinski definition) is 0. The molecular weight excluding hydrogens is 106 g/mol. The summed E-state index contributed by atoms with van der Waals surface area (Å²) in [7, 11) is 0. The Morgan fingerprint density at radius 3 is 2.50 bits per heavy atom. The van der Waals surface area contributed by atoms with E-state index in [9.17, 15) is 5.11 Å². The minimum atomic E-state index is -0.158. The van der Waals surface area contributed by atoms with E-state index in [1.807, 2.05) is 0 Å². The first kappa shape index (κ1) is 5.24. The quantitative estimate of drug-likeness (QED) is 0.527. The van der Waals surface area contributed by atoms with Crippen molar-refractivity contribution in [3.63, 3.8) is 0 Å². The molecule has 43 valence electrons. The lowest BCUT2D eigenvalue weighted by atomic mass is 10.7. The van der Waals surface area contributed by atoms with Crippen LogP contribution in [0.15, 0.2) is 12.4 Å². The average Bonchev–Trinajstić information content (AvgIpc) is 2.19. The van der Waals surface area contributed by atoms with Crippen LogP contribution in [-0.2, 0) is 11.7 Å². The zero-order valence-electron chi connectivity index (χ0n) is 4.32. The van der Waals surface area contributed by atoms with Gasteiger partial charge in [-0.2, -0.15) is 15.0 Å². The van der Waals surface area contributed by atoms with Gasteiger partial charge in [0.25, 0.3) is 0 Å². The first-order valence-corrected chi connectivity index (χ1v) is 2.35. The van der Waals surface area contributed by atoms with Gasteiger partial charge in [-0.25, -0.2) is 5.11 Å². The maximum absolute atomic E-state index is 9.90. The summed E-state index contributed by atoms with van der Waals surface area (Å²) in [5, 5.41) is 17.3. The summed E-state index contributed by atoms with van der Waals surface area (Å²) in [5.74, 6) is 0. The van der Waals surface area contributed by atoms with Gasteiger partial charge in [0.1, 0.15) is 6.61 Å². The minimum absolute atomic E-state index is 0.158. The van der Waals surface area contributed by atoms with Crippen molar-refractivity contribution in [2.45, 2.75) is 6.54 Å². The topological polar surface area (TPSA) is 50.6 Å². The highest BCUT2D eigenvalue weighted by atomic mass is 16.3. The van der Waals surface area contributed by atoms with E-state index in [2.05, 4.69) is 10.2 Å². The van der Waals surface area contributed by atoms with E-state index in [0.29, 0.717) is 6.54 Å². The van der Waals surface area contributed by atoms with Crippen LogP contribution in [0.1, 0.15) is 0 Å². The lowest BCUT2D eigenvalue weighted by Gasteiger charge is -1.88. The van der Waals surface area contributed by atoms with E-state index in [1.165, 1.54) is 4.80 Å². The Morgan fingerprint density at radius 2 is 2.00 bits per heavy atom. The van der Waals surface area contributed by atoms with E-state index >= 15 is 0 Å². The second kappa shape index (κ2) is 2.42. The van der Waals surface area contributed by atoms with E-state index in [0.717, 1.165) is 0 Å². The molecule has 0 amide bonds. The molecule has 1 rings (SSSR count). The van der Waals surface area contributed by atoms with Crippen LogP contribution < -0.4 is 0 Å². The monoisotopic (exact) mass is 112 g/mol. The zero-order valence-corrected chi connectivity index (χ0v) is 4.32. The largest absolute Gasteiger partial charge is 0.235 e. The van der Waals surface area contributed by atoms with E-state index in [4.69, 9.17) is 0 Å². The van der Waals surface area contributed by atoms with Gasteiger partial charge >= 0.3 is 0 Å². The van der Waals surface area contributed by atoms with Gasteiger partial charge in [-0.05, 0) is 0 Å². The van der Waals surface area contributed by atoms with Gasteiger partial charge in [0.05, 0.1) is 18.9 Å². The third kappa shape index (κ3) is 1.04. The van der Waals surface area contributed by atoms with Crippen molar-refractivity contribution >= 4 is 0 Å². The predicted molar refractivity (Wildman–Crippen MR) is 25.6 cm³/mol. The number of hydrogen-bond acceptors (Lipinski definition) is 2. The molecule has 0 saturated carbocycles. The highest BCUT2D eigenvalue weighted by Crippen LogP contribution is 1.74. The maximum Gasteiger partial charge on any atom is 0.104 e. The van der Waals surface area contributed by atoms with Crippen LogP contribution in [0.4, 0.5) is 0 Å². The third-order valence-electron chi connectivity index (χ3n) is 0.758. The first-order valence-electron chi connectivity index (χ1n) is 2.35. The van der Waals surface area contributed by atoms with Crippen LogP contribution in [0.25, 0.3) is 0 Å². The van der Waals surface area contributed by atoms with Gasteiger partial charge in [-0.3, -0.25) is 0 Å². The minimum Gasteiger partial charge on any atom is -0.235 e. The fraction of sp³-hybridized carbons (Fsp3) is 0.500. The molecule has 0 spiro atoms. The number of nitrogens with zero attached hydrogens (tertiary/aromatic N) is 3. The van der Waals surface area contributed by atoms with Gasteiger partial charge in [0.2, 0.25) is 0 Å². The van der Waals surface area contributed by atoms with Crippen LogP contribution >= 0.6 is 0 Å². The molecule has 0 aliphatic rings. The van der Waals surface area contributed by atoms with Crippen molar-refractivity contribution in [2.75, 3.05) is 6.61 Å². The first-order chi connectivity index (χ1) is 3.93. The highest BCUT2D eigenvalue weighted by Gasteiger charge is 1.86. The molecule has 0 aliphatic carbocycles. The molecule has 0 fully saturated rings. The lowest BCUT2D eigenvalue weighted by Crippen LogP contribution is -2.04. The molecule has 0 atom stereocenters. The van der Waals surface area contributed by atoms with Gasteiger partial charge in [-0.1, -0.05) is 0 Å². The van der Waals surface area contributed by atoms with Gasteiger partial charge in [-0.15, -0.1) is 0 Å². The zero-order chi connectivity index (χ0) is 5.82. The molecule has 1 aromatic heterocycles. The fourth-order valence-corrected chi connectivity index (χ4v) is 0.440. The van der Waals surface area contributed by atoms with Crippen LogP contribution in [-0.4, -0.2) is 21.6 Å². The van der Waals surface area contributed by atoms with Crippen molar-refractivity contribution in [3.05, 3.63) is 12.4 Å². The summed E-state index contributed by atoms with van der Waals surface area (Å²) in [6.07, 6.45) is 3.10. The van der Waals surface area contributed by atoms with Crippen molar-refractivity contribution in [2.24, 2.45) is 0 Å². The number of aromatic nitrogens is 3. The fourth-order valence-electron chi connectivity index (χ4n) is 0.440. The molecule has 4 heteroatoms. The Bertz CT molecular complexity index is 137. The summed E-state index contributed by atoms with van der Waals surface area (Å²) in [4.78, 5) is 1.37.